The van der Waals surface area contributed by atoms with Crippen LogP contribution in [0.25, 0.3) is 16.6 Å². The van der Waals surface area contributed by atoms with Gasteiger partial charge in [-0.25, -0.2) is 9.78 Å². The highest BCUT2D eigenvalue weighted by molar-refractivity contribution is 6.17. The number of nitrogens with zero attached hydrogens (tertiary/aromatic N) is 2. The molecule has 0 N–H and O–H groups in total. The molecule has 9 heteroatoms. The number of alkyl halides is 1. The van der Waals surface area contributed by atoms with Crippen molar-refractivity contribution in [3.63, 3.8) is 0 Å². The molecule has 39 heavy (non-hydrogen) atoms. The van der Waals surface area contributed by atoms with Crippen molar-refractivity contribution in [3.05, 3.63) is 77.6 Å². The van der Waals surface area contributed by atoms with Gasteiger partial charge in [-0.15, -0.1) is 11.6 Å². The van der Waals surface area contributed by atoms with E-state index in [-0.39, 0.29) is 31.3 Å². The summed E-state index contributed by atoms with van der Waals surface area (Å²) in [5.41, 5.74) is 3.06. The first-order valence-electron chi connectivity index (χ1n) is 12.8. The molecule has 0 bridgehead atoms. The number of hydrogen-bond donors (Lipinski definition) is 0. The van der Waals surface area contributed by atoms with E-state index < -0.39 is 11.9 Å². The second kappa shape index (κ2) is 12.7. The Bertz CT molecular complexity index is 1450. The van der Waals surface area contributed by atoms with Crippen LogP contribution in [0.2, 0.25) is 0 Å². The van der Waals surface area contributed by atoms with Gasteiger partial charge in [0, 0.05) is 34.9 Å². The first-order chi connectivity index (χ1) is 18.8. The maximum atomic E-state index is 13.3. The van der Waals surface area contributed by atoms with Crippen molar-refractivity contribution < 1.29 is 28.5 Å². The average Bonchev–Trinajstić information content (AvgIpc) is 3.22. The van der Waals surface area contributed by atoms with Gasteiger partial charge in [-0.3, -0.25) is 4.79 Å². The van der Waals surface area contributed by atoms with Crippen LogP contribution in [-0.4, -0.2) is 40.8 Å². The highest BCUT2D eigenvalue weighted by atomic mass is 35.5. The van der Waals surface area contributed by atoms with Gasteiger partial charge in [-0.05, 0) is 75.7 Å². The molecule has 0 saturated heterocycles. The van der Waals surface area contributed by atoms with Crippen molar-refractivity contribution in [3.8, 4) is 23.1 Å². The molecule has 8 nitrogen and oxygen atoms in total. The monoisotopic (exact) mass is 550 g/mol. The highest BCUT2D eigenvalue weighted by Crippen LogP contribution is 2.35. The molecule has 0 aliphatic carbocycles. The zero-order valence-corrected chi connectivity index (χ0v) is 23.2. The topological polar surface area (TPSA) is 88.9 Å². The van der Waals surface area contributed by atoms with Crippen molar-refractivity contribution in [1.82, 2.24) is 9.55 Å². The molecular weight excluding hydrogens is 520 g/mol. The van der Waals surface area contributed by atoms with Gasteiger partial charge in [-0.2, -0.15) is 0 Å². The smallest absolute Gasteiger partial charge is 0.340 e. The second-order valence-electron chi connectivity index (χ2n) is 8.94. The number of esters is 2. The summed E-state index contributed by atoms with van der Waals surface area (Å²) >= 11 is 5.86. The highest BCUT2D eigenvalue weighted by Gasteiger charge is 2.27. The maximum Gasteiger partial charge on any atom is 0.340 e. The average molecular weight is 551 g/mol. The van der Waals surface area contributed by atoms with Crippen molar-refractivity contribution in [2.75, 3.05) is 13.2 Å². The van der Waals surface area contributed by atoms with E-state index in [1.807, 2.05) is 54.8 Å². The third-order valence-electron chi connectivity index (χ3n) is 5.77. The molecule has 0 spiro atoms. The van der Waals surface area contributed by atoms with Gasteiger partial charge in [0.15, 0.2) is 0 Å². The number of rotatable bonds is 11. The molecule has 2 aromatic heterocycles. The van der Waals surface area contributed by atoms with Crippen LogP contribution in [0.4, 0.5) is 0 Å². The van der Waals surface area contributed by atoms with E-state index in [0.29, 0.717) is 39.9 Å². The van der Waals surface area contributed by atoms with Crippen LogP contribution < -0.4 is 9.47 Å². The lowest BCUT2D eigenvalue weighted by molar-refractivity contribution is -0.142. The molecule has 0 unspecified atom stereocenters. The molecule has 0 aliphatic heterocycles. The van der Waals surface area contributed by atoms with Gasteiger partial charge >= 0.3 is 11.9 Å². The van der Waals surface area contributed by atoms with Crippen molar-refractivity contribution in [1.29, 1.82) is 0 Å². The van der Waals surface area contributed by atoms with E-state index in [2.05, 4.69) is 4.98 Å². The number of halogens is 1. The number of pyridine rings is 1. The summed E-state index contributed by atoms with van der Waals surface area (Å²) < 4.78 is 24.3. The predicted octanol–water partition coefficient (Wildman–Crippen LogP) is 6.63. The molecule has 0 fully saturated rings. The molecule has 0 radical (unpaired) electrons. The van der Waals surface area contributed by atoms with Gasteiger partial charge in [0.05, 0.1) is 36.8 Å². The molecule has 0 atom stereocenters. The van der Waals surface area contributed by atoms with Gasteiger partial charge in [0.1, 0.15) is 11.5 Å². The third kappa shape index (κ3) is 6.52. The zero-order chi connectivity index (χ0) is 27.9. The molecule has 2 aromatic carbocycles. The molecule has 4 aromatic rings. The lowest BCUT2D eigenvalue weighted by atomic mass is 10.1. The van der Waals surface area contributed by atoms with E-state index in [1.54, 1.807) is 38.2 Å². The Morgan fingerprint density at radius 3 is 2.28 bits per heavy atom. The Balaban J connectivity index is 1.88. The number of hydrogen-bond acceptors (Lipinski definition) is 7. The normalized spacial score (nSPS) is 11.0. The summed E-state index contributed by atoms with van der Waals surface area (Å²) in [4.78, 5) is 30.3. The molecule has 0 amide bonds. The van der Waals surface area contributed by atoms with Gasteiger partial charge in [0.25, 0.3) is 0 Å². The summed E-state index contributed by atoms with van der Waals surface area (Å²) in [6.07, 6.45) is 1.54. The minimum atomic E-state index is -0.540. The molecule has 0 saturated carbocycles. The number of benzene rings is 2. The summed E-state index contributed by atoms with van der Waals surface area (Å²) in [6, 6.07) is 16.4. The van der Waals surface area contributed by atoms with E-state index >= 15 is 0 Å². The van der Waals surface area contributed by atoms with Gasteiger partial charge in [0.2, 0.25) is 5.88 Å². The number of carbonyl (C=O) groups is 2. The van der Waals surface area contributed by atoms with Crippen molar-refractivity contribution in [2.24, 2.45) is 0 Å². The molecule has 0 aliphatic rings. The van der Waals surface area contributed by atoms with Gasteiger partial charge < -0.3 is 23.5 Å². The molecular formula is C30H31ClN2O6. The zero-order valence-electron chi connectivity index (χ0n) is 22.4. The Hall–Kier alpha value is -4.04. The third-order valence-corrected chi connectivity index (χ3v) is 6.08. The second-order valence-corrected chi connectivity index (χ2v) is 9.21. The fourth-order valence-corrected chi connectivity index (χ4v) is 4.40. The first kappa shape index (κ1) is 28.0. The summed E-state index contributed by atoms with van der Waals surface area (Å²) in [7, 11) is 0. The quantitative estimate of drug-likeness (QED) is 0.153. The summed E-state index contributed by atoms with van der Waals surface area (Å²) in [5.74, 6) is 0.927. The maximum absolute atomic E-state index is 13.3. The molecule has 4 rings (SSSR count). The fourth-order valence-electron chi connectivity index (χ4n) is 4.25. The summed E-state index contributed by atoms with van der Waals surface area (Å²) in [5, 5.41) is 0.574. The predicted molar refractivity (Wildman–Crippen MR) is 149 cm³/mol. The summed E-state index contributed by atoms with van der Waals surface area (Å²) in [6.45, 7) is 7.79. The lowest BCUT2D eigenvalue weighted by Gasteiger charge is -2.14. The minimum absolute atomic E-state index is 0.0251. The lowest BCUT2D eigenvalue weighted by Crippen LogP contribution is -2.15. The standard InChI is InChI=1S/C30H31ClN2O6/c1-5-36-28(34)16-26-29(30(35)37-6-2)24-15-23(39-27-14-7-20(17-31)18-32-27)12-13-25(24)33(26)21-8-10-22(11-9-21)38-19(3)4/h7-15,18-19H,5-6,16-17H2,1-4H3. The van der Waals surface area contributed by atoms with Crippen LogP contribution in [0.5, 0.6) is 17.4 Å². The Kier molecular flexibility index (Phi) is 9.09. The van der Waals surface area contributed by atoms with Crippen molar-refractivity contribution >= 4 is 34.4 Å². The van der Waals surface area contributed by atoms with E-state index in [1.165, 1.54) is 0 Å². The Morgan fingerprint density at radius 2 is 1.67 bits per heavy atom. The number of ether oxygens (including phenoxy) is 4. The molecule has 204 valence electrons. The van der Waals surface area contributed by atoms with Crippen LogP contribution in [0, 0.1) is 0 Å². The van der Waals surface area contributed by atoms with E-state index in [4.69, 9.17) is 30.5 Å². The van der Waals surface area contributed by atoms with E-state index in [9.17, 15) is 9.59 Å². The van der Waals surface area contributed by atoms with Gasteiger partial charge in [-0.1, -0.05) is 6.07 Å². The fraction of sp³-hybridized carbons (Fsp3) is 0.300. The number of aromatic nitrogens is 2. The Labute approximate surface area is 232 Å². The minimum Gasteiger partial charge on any atom is -0.491 e. The van der Waals surface area contributed by atoms with Crippen LogP contribution in [0.15, 0.2) is 60.8 Å². The Morgan fingerprint density at radius 1 is 0.949 bits per heavy atom. The molecule has 2 heterocycles. The number of carbonyl (C=O) groups excluding carboxylic acids is 2. The van der Waals surface area contributed by atoms with Crippen LogP contribution in [0.1, 0.15) is 49.3 Å². The van der Waals surface area contributed by atoms with E-state index in [0.717, 1.165) is 11.3 Å². The van der Waals surface area contributed by atoms with Crippen LogP contribution >= 0.6 is 11.6 Å². The van der Waals surface area contributed by atoms with Crippen LogP contribution in [-0.2, 0) is 26.6 Å². The van der Waals surface area contributed by atoms with Crippen molar-refractivity contribution in [2.45, 2.75) is 46.1 Å². The van der Waals surface area contributed by atoms with Crippen LogP contribution in [0.3, 0.4) is 0 Å². The SMILES string of the molecule is CCOC(=O)Cc1c(C(=O)OCC)c2cc(Oc3ccc(CCl)cn3)ccc2n1-c1ccc(OC(C)C)cc1. The largest absolute Gasteiger partial charge is 0.491 e. The number of fused-ring (bicyclic) bond motifs is 1. The first-order valence-corrected chi connectivity index (χ1v) is 13.3.